The summed E-state index contributed by atoms with van der Waals surface area (Å²) in [6.07, 6.45) is 0. The van der Waals surface area contributed by atoms with Gasteiger partial charge in [0.25, 0.3) is 5.91 Å². The lowest BCUT2D eigenvalue weighted by Gasteiger charge is -2.15. The number of nitrogens with zero attached hydrogens (tertiary/aromatic N) is 1. The molecule has 0 spiro atoms. The van der Waals surface area contributed by atoms with Crippen LogP contribution >= 0.6 is 15.9 Å². The molecule has 0 saturated heterocycles. The molecule has 0 aliphatic heterocycles. The van der Waals surface area contributed by atoms with Crippen molar-refractivity contribution in [1.82, 2.24) is 9.88 Å². The zero-order valence-electron chi connectivity index (χ0n) is 22.0. The van der Waals surface area contributed by atoms with Crippen LogP contribution in [0.1, 0.15) is 56.1 Å². The Kier molecular flexibility index (Phi) is 7.40. The van der Waals surface area contributed by atoms with E-state index in [9.17, 15) is 14.7 Å². The highest BCUT2D eigenvalue weighted by Crippen LogP contribution is 2.30. The maximum Gasteiger partial charge on any atom is 0.335 e. The number of aromatic carboxylic acids is 1. The van der Waals surface area contributed by atoms with Gasteiger partial charge in [-0.15, -0.1) is 0 Å². The molecule has 0 aliphatic rings. The molecule has 1 aromatic heterocycles. The van der Waals surface area contributed by atoms with Gasteiger partial charge in [0, 0.05) is 33.2 Å². The smallest absolute Gasteiger partial charge is 0.335 e. The van der Waals surface area contributed by atoms with Crippen molar-refractivity contribution >= 4 is 38.7 Å². The number of fused-ring (bicyclic) bond motifs is 1. The van der Waals surface area contributed by atoms with E-state index in [2.05, 4.69) is 51.8 Å². The summed E-state index contributed by atoms with van der Waals surface area (Å²) in [5.74, 6) is -1.04. The van der Waals surface area contributed by atoms with Crippen molar-refractivity contribution in [2.24, 2.45) is 0 Å². The zero-order chi connectivity index (χ0) is 27.7. The summed E-state index contributed by atoms with van der Waals surface area (Å²) < 4.78 is 3.28. The molecule has 1 amide bonds. The molecule has 5 nitrogen and oxygen atoms in total. The number of hydrogen-bond donors (Lipinski definition) is 2. The van der Waals surface area contributed by atoms with Crippen LogP contribution in [0.15, 0.2) is 95.5 Å². The molecule has 0 radical (unpaired) electrons. The summed E-state index contributed by atoms with van der Waals surface area (Å²) in [5, 5.41) is 13.4. The molecule has 1 unspecified atom stereocenters. The molecule has 196 valence electrons. The Morgan fingerprint density at radius 3 is 2.26 bits per heavy atom. The lowest BCUT2D eigenvalue weighted by atomic mass is 9.98. The maximum atomic E-state index is 13.1. The number of amides is 1. The van der Waals surface area contributed by atoms with E-state index in [1.54, 1.807) is 12.1 Å². The molecular formula is C33H29BrN2O3. The zero-order valence-corrected chi connectivity index (χ0v) is 23.6. The number of halogens is 1. The van der Waals surface area contributed by atoms with Crippen molar-refractivity contribution in [3.63, 3.8) is 0 Å². The van der Waals surface area contributed by atoms with Crippen LogP contribution in [0.5, 0.6) is 0 Å². The molecule has 5 aromatic rings. The first-order valence-corrected chi connectivity index (χ1v) is 13.6. The van der Waals surface area contributed by atoms with Crippen molar-refractivity contribution in [3.8, 4) is 11.1 Å². The van der Waals surface area contributed by atoms with Crippen molar-refractivity contribution in [2.75, 3.05) is 0 Å². The Hall–Kier alpha value is -4.16. The molecule has 6 heteroatoms. The molecule has 2 N–H and O–H groups in total. The van der Waals surface area contributed by atoms with Crippen molar-refractivity contribution in [1.29, 1.82) is 0 Å². The van der Waals surface area contributed by atoms with E-state index in [1.807, 2.05) is 73.7 Å². The van der Waals surface area contributed by atoms with Gasteiger partial charge in [-0.3, -0.25) is 4.79 Å². The second-order valence-corrected chi connectivity index (χ2v) is 10.7. The molecule has 0 bridgehead atoms. The number of benzene rings is 4. The average Bonchev–Trinajstić information content (AvgIpc) is 3.18. The van der Waals surface area contributed by atoms with Gasteiger partial charge in [0.05, 0.1) is 11.6 Å². The minimum atomic E-state index is -0.935. The number of carbonyl (C=O) groups is 2. The normalized spacial score (nSPS) is 11.9. The van der Waals surface area contributed by atoms with Crippen molar-refractivity contribution in [3.05, 3.63) is 129 Å². The van der Waals surface area contributed by atoms with Gasteiger partial charge in [0.1, 0.15) is 0 Å². The van der Waals surface area contributed by atoms with Crippen LogP contribution in [0.2, 0.25) is 0 Å². The van der Waals surface area contributed by atoms with E-state index in [1.165, 1.54) is 0 Å². The van der Waals surface area contributed by atoms with Gasteiger partial charge in [-0.2, -0.15) is 0 Å². The molecule has 39 heavy (non-hydrogen) atoms. The summed E-state index contributed by atoms with van der Waals surface area (Å²) in [4.78, 5) is 24.4. The molecular weight excluding hydrogens is 552 g/mol. The SMILES string of the molecule is Cc1c(C)n(Cc2ccccc2-c2ccc(C(=O)O)cc2)c2ccc(C(=O)NC(C)c3ccc(Br)cc3)cc12. The second-order valence-electron chi connectivity index (χ2n) is 9.81. The topological polar surface area (TPSA) is 71.3 Å². The lowest BCUT2D eigenvalue weighted by Crippen LogP contribution is -2.26. The molecule has 4 aromatic carbocycles. The fourth-order valence-corrected chi connectivity index (χ4v) is 5.28. The first-order valence-electron chi connectivity index (χ1n) is 12.8. The first kappa shape index (κ1) is 26.4. The van der Waals surface area contributed by atoms with Gasteiger partial charge in [-0.1, -0.05) is 64.5 Å². The summed E-state index contributed by atoms with van der Waals surface area (Å²) in [6, 6.07) is 28.9. The number of hydrogen-bond acceptors (Lipinski definition) is 2. The number of nitrogens with one attached hydrogen (secondary N) is 1. The van der Waals surface area contributed by atoms with Crippen molar-refractivity contribution in [2.45, 2.75) is 33.4 Å². The predicted molar refractivity (Wildman–Crippen MR) is 159 cm³/mol. The van der Waals surface area contributed by atoms with Crippen molar-refractivity contribution < 1.29 is 14.7 Å². The van der Waals surface area contributed by atoms with Crippen LogP contribution in [0.3, 0.4) is 0 Å². The maximum absolute atomic E-state index is 13.1. The molecule has 0 saturated carbocycles. The minimum absolute atomic E-state index is 0.104. The van der Waals surface area contributed by atoms with Gasteiger partial charge < -0.3 is 15.0 Å². The quantitative estimate of drug-likeness (QED) is 0.205. The van der Waals surface area contributed by atoms with E-state index in [4.69, 9.17) is 0 Å². The molecule has 1 atom stereocenters. The van der Waals surface area contributed by atoms with Crippen LogP contribution in [0, 0.1) is 13.8 Å². The average molecular weight is 582 g/mol. The summed E-state index contributed by atoms with van der Waals surface area (Å²) in [6.45, 7) is 6.84. The highest BCUT2D eigenvalue weighted by Gasteiger charge is 2.17. The van der Waals surface area contributed by atoms with Crippen LogP contribution in [-0.4, -0.2) is 21.6 Å². The number of rotatable bonds is 7. The van der Waals surface area contributed by atoms with Crippen LogP contribution < -0.4 is 5.32 Å². The molecule has 0 aliphatic carbocycles. The van der Waals surface area contributed by atoms with Gasteiger partial charge in [0.2, 0.25) is 0 Å². The summed E-state index contributed by atoms with van der Waals surface area (Å²) in [7, 11) is 0. The van der Waals surface area contributed by atoms with Gasteiger partial charge in [-0.25, -0.2) is 4.79 Å². The lowest BCUT2D eigenvalue weighted by molar-refractivity contribution is 0.0696. The standard InChI is InChI=1S/C33H29BrN2O3/c1-20-22(3)36(19-27-6-4-5-7-29(27)24-8-10-25(11-9-24)33(38)39)31-17-14-26(18-30(20)31)32(37)35-21(2)23-12-15-28(34)16-13-23/h4-18,21H,19H2,1-3H3,(H,35,37)(H,38,39). The molecule has 0 fully saturated rings. The third kappa shape index (κ3) is 5.38. The fraction of sp³-hybridized carbons (Fsp3) is 0.152. The van der Waals surface area contributed by atoms with Crippen LogP contribution in [0.4, 0.5) is 0 Å². The first-order chi connectivity index (χ1) is 18.7. The Balaban J connectivity index is 1.44. The number of carboxylic acid groups (broad SMARTS) is 1. The Labute approximate surface area is 236 Å². The summed E-state index contributed by atoms with van der Waals surface area (Å²) in [5.41, 5.74) is 8.46. The van der Waals surface area contributed by atoms with Gasteiger partial charge in [-0.05, 0) is 91.1 Å². The Morgan fingerprint density at radius 2 is 1.56 bits per heavy atom. The number of aromatic nitrogens is 1. The summed E-state index contributed by atoms with van der Waals surface area (Å²) >= 11 is 3.45. The highest BCUT2D eigenvalue weighted by molar-refractivity contribution is 9.10. The Morgan fingerprint density at radius 1 is 0.897 bits per heavy atom. The van der Waals surface area contributed by atoms with E-state index >= 15 is 0 Å². The third-order valence-corrected chi connectivity index (χ3v) is 7.94. The monoisotopic (exact) mass is 580 g/mol. The second kappa shape index (κ2) is 10.9. The fourth-order valence-electron chi connectivity index (χ4n) is 5.01. The third-order valence-electron chi connectivity index (χ3n) is 7.41. The van der Waals surface area contributed by atoms with Gasteiger partial charge >= 0.3 is 5.97 Å². The minimum Gasteiger partial charge on any atom is -0.478 e. The number of carboxylic acids is 1. The number of aryl methyl sites for hydroxylation is 1. The van der Waals surface area contributed by atoms with Crippen LogP contribution in [0.25, 0.3) is 22.0 Å². The predicted octanol–water partition coefficient (Wildman–Crippen LogP) is 7.93. The van der Waals surface area contributed by atoms with E-state index in [-0.39, 0.29) is 17.5 Å². The van der Waals surface area contributed by atoms with E-state index in [0.29, 0.717) is 12.1 Å². The van der Waals surface area contributed by atoms with E-state index < -0.39 is 5.97 Å². The van der Waals surface area contributed by atoms with Crippen LogP contribution in [-0.2, 0) is 6.54 Å². The molecule has 1 heterocycles. The largest absolute Gasteiger partial charge is 0.478 e. The highest BCUT2D eigenvalue weighted by atomic mass is 79.9. The number of carbonyl (C=O) groups excluding carboxylic acids is 1. The van der Waals surface area contributed by atoms with E-state index in [0.717, 1.165) is 48.9 Å². The molecule has 5 rings (SSSR count). The van der Waals surface area contributed by atoms with Gasteiger partial charge in [0.15, 0.2) is 0 Å². The Bertz CT molecular complexity index is 1690.